The highest BCUT2D eigenvalue weighted by molar-refractivity contribution is 5.88. The van der Waals surface area contributed by atoms with Crippen LogP contribution in [-0.2, 0) is 21.7 Å². The number of aromatic nitrogens is 4. The minimum Gasteiger partial charge on any atom is -0.508 e. The first-order chi connectivity index (χ1) is 25.4. The third-order valence-electron chi connectivity index (χ3n) is 9.55. The maximum atomic E-state index is 13.2. The van der Waals surface area contributed by atoms with Gasteiger partial charge in [-0.1, -0.05) is 132 Å². The zero-order valence-electron chi connectivity index (χ0n) is 35.3. The summed E-state index contributed by atoms with van der Waals surface area (Å²) in [6, 6.07) is 24.7. The molecule has 0 unspecified atom stereocenters. The largest absolute Gasteiger partial charge is 0.508 e. The molecule has 0 bridgehead atoms. The number of aryl methyl sites for hydroxylation is 2. The summed E-state index contributed by atoms with van der Waals surface area (Å²) in [6.45, 7) is 29.8. The first-order valence-corrected chi connectivity index (χ1v) is 19.0. The summed E-state index contributed by atoms with van der Waals surface area (Å²) in [6.07, 6.45) is 3.80. The van der Waals surface area contributed by atoms with Crippen LogP contribution in [-0.4, -0.2) is 30.6 Å². The van der Waals surface area contributed by atoms with E-state index in [0.29, 0.717) is 11.3 Å². The predicted octanol–water partition coefficient (Wildman–Crippen LogP) is 13.0. The van der Waals surface area contributed by atoms with Crippen LogP contribution in [0.4, 0.5) is 4.39 Å². The summed E-state index contributed by atoms with van der Waals surface area (Å²) in [5.41, 5.74) is 9.34. The van der Waals surface area contributed by atoms with Gasteiger partial charge in [0, 0.05) is 16.3 Å². The molecule has 7 rings (SSSR count). The lowest BCUT2D eigenvalue weighted by molar-refractivity contribution is 0.429. The van der Waals surface area contributed by atoms with Crippen LogP contribution in [0.3, 0.4) is 0 Å². The van der Waals surface area contributed by atoms with Crippen molar-refractivity contribution in [3.05, 3.63) is 130 Å². The molecule has 0 saturated carbocycles. The lowest BCUT2D eigenvalue weighted by atomic mass is 9.82. The molecule has 0 aliphatic rings. The van der Waals surface area contributed by atoms with Crippen molar-refractivity contribution in [3.63, 3.8) is 0 Å². The Bertz CT molecular complexity index is 2260. The Morgan fingerprint density at radius 2 is 1.11 bits per heavy atom. The summed E-state index contributed by atoms with van der Waals surface area (Å²) in [7, 11) is 0. The molecule has 7 heteroatoms. The Kier molecular flexibility index (Phi) is 12.6. The maximum Gasteiger partial charge on any atom is 0.130 e. The van der Waals surface area contributed by atoms with E-state index < -0.39 is 0 Å². The van der Waals surface area contributed by atoms with Crippen LogP contribution in [0.25, 0.3) is 32.6 Å². The van der Waals surface area contributed by atoms with E-state index in [1.807, 2.05) is 63.5 Å². The summed E-state index contributed by atoms with van der Waals surface area (Å²) in [4.78, 5) is 0. The molecule has 7 aromatic rings. The van der Waals surface area contributed by atoms with Gasteiger partial charge in [0.15, 0.2) is 0 Å². The van der Waals surface area contributed by atoms with Crippen molar-refractivity contribution in [2.45, 2.75) is 119 Å². The van der Waals surface area contributed by atoms with Crippen molar-refractivity contribution in [1.82, 2.24) is 20.4 Å². The monoisotopic (exact) mass is 744 g/mol. The number of aromatic amines is 2. The number of halogens is 1. The van der Waals surface area contributed by atoms with Gasteiger partial charge in [0.2, 0.25) is 0 Å². The second-order valence-electron chi connectivity index (χ2n) is 18.5. The number of fused-ring (bicyclic) bond motifs is 3. The highest BCUT2D eigenvalue weighted by Gasteiger charge is 2.23. The SMILES string of the molecule is CC(C)(C)c1c(O)cccc1F.CC(C)(C)c1cc(O)cc2ccccc12.Cc1ccc2[nH]ncc2c1C(C)(C)C.Cc1ccc2cn[nH]c2c1C(C)(C)C. The normalized spacial score (nSPS) is 12.1. The van der Waals surface area contributed by atoms with E-state index in [4.69, 9.17) is 0 Å². The van der Waals surface area contributed by atoms with Crippen molar-refractivity contribution >= 4 is 32.6 Å². The lowest BCUT2D eigenvalue weighted by Gasteiger charge is -2.22. The van der Waals surface area contributed by atoms with E-state index in [9.17, 15) is 14.6 Å². The van der Waals surface area contributed by atoms with Crippen LogP contribution in [0.1, 0.15) is 116 Å². The second-order valence-corrected chi connectivity index (χ2v) is 18.5. The third-order valence-corrected chi connectivity index (χ3v) is 9.55. The Balaban J connectivity index is 0.000000164. The number of benzene rings is 5. The van der Waals surface area contributed by atoms with E-state index in [1.165, 1.54) is 67.7 Å². The van der Waals surface area contributed by atoms with E-state index in [-0.39, 0.29) is 33.2 Å². The number of hydrogen-bond acceptors (Lipinski definition) is 4. The highest BCUT2D eigenvalue weighted by atomic mass is 19.1. The molecule has 0 spiro atoms. The molecular weight excluding hydrogens is 684 g/mol. The molecule has 292 valence electrons. The van der Waals surface area contributed by atoms with Crippen LogP contribution in [0.2, 0.25) is 0 Å². The topological polar surface area (TPSA) is 97.8 Å². The van der Waals surface area contributed by atoms with Crippen LogP contribution in [0.15, 0.2) is 91.3 Å². The number of aromatic hydroxyl groups is 2. The number of H-pyrrole nitrogens is 2. The zero-order chi connectivity index (χ0) is 41.1. The Morgan fingerprint density at radius 3 is 1.69 bits per heavy atom. The molecular formula is C48H61FN4O2. The van der Waals surface area contributed by atoms with Gasteiger partial charge in [0.25, 0.3) is 0 Å². The van der Waals surface area contributed by atoms with Crippen molar-refractivity contribution in [3.8, 4) is 11.5 Å². The lowest BCUT2D eigenvalue weighted by Crippen LogP contribution is -2.13. The van der Waals surface area contributed by atoms with Crippen LogP contribution in [0, 0.1) is 19.7 Å². The molecule has 0 radical (unpaired) electrons. The number of rotatable bonds is 0. The Labute approximate surface area is 327 Å². The standard InChI is InChI=1S/C14H16O.2C12H16N2.C10H13FO/c1-14(2,3)13-9-11(15)8-10-6-4-5-7-12(10)13;1-8-5-6-10-9(7-13-14-10)11(8)12(2,3)4;1-8-5-6-9-7-13-14-11(9)10(8)12(2,3)4;1-10(2,3)9-7(11)5-4-6-8(9)12/h4-9,15H,1-3H3;2*5-7H,1-4H3,(H,13,14);4-6,12H,1-3H3. The summed E-state index contributed by atoms with van der Waals surface area (Å²) in [5.74, 6) is 0.0311. The van der Waals surface area contributed by atoms with Gasteiger partial charge in [-0.05, 0) is 104 Å². The smallest absolute Gasteiger partial charge is 0.130 e. The molecule has 6 nitrogen and oxygen atoms in total. The van der Waals surface area contributed by atoms with Crippen molar-refractivity contribution in [1.29, 1.82) is 0 Å². The molecule has 0 aliphatic heterocycles. The van der Waals surface area contributed by atoms with Gasteiger partial charge in [-0.2, -0.15) is 10.2 Å². The van der Waals surface area contributed by atoms with Gasteiger partial charge in [-0.25, -0.2) is 4.39 Å². The minimum absolute atomic E-state index is 0.0301. The van der Waals surface area contributed by atoms with Gasteiger partial charge in [-0.15, -0.1) is 0 Å². The van der Waals surface area contributed by atoms with Crippen molar-refractivity contribution in [2.75, 3.05) is 0 Å². The van der Waals surface area contributed by atoms with Gasteiger partial charge in [-0.3, -0.25) is 10.2 Å². The molecule has 0 fully saturated rings. The molecule has 0 atom stereocenters. The Morgan fingerprint density at radius 1 is 0.527 bits per heavy atom. The van der Waals surface area contributed by atoms with E-state index in [1.54, 1.807) is 0 Å². The minimum atomic E-state index is -0.352. The highest BCUT2D eigenvalue weighted by Crippen LogP contribution is 2.35. The first-order valence-electron chi connectivity index (χ1n) is 19.0. The fourth-order valence-corrected chi connectivity index (χ4v) is 7.38. The molecule has 5 aromatic carbocycles. The van der Waals surface area contributed by atoms with Crippen LogP contribution >= 0.6 is 0 Å². The average Bonchev–Trinajstić information content (AvgIpc) is 3.72. The number of phenols is 2. The molecule has 55 heavy (non-hydrogen) atoms. The third kappa shape index (κ3) is 10.3. The number of nitrogens with one attached hydrogen (secondary N) is 2. The fraction of sp³-hybridized carbons (Fsp3) is 0.375. The second kappa shape index (κ2) is 16.3. The first kappa shape index (κ1) is 42.6. The summed E-state index contributed by atoms with van der Waals surface area (Å²) < 4.78 is 13.2. The predicted molar refractivity (Wildman–Crippen MR) is 230 cm³/mol. The maximum absolute atomic E-state index is 13.2. The van der Waals surface area contributed by atoms with E-state index in [2.05, 4.69) is 127 Å². The molecule has 0 amide bonds. The summed E-state index contributed by atoms with van der Waals surface area (Å²) in [5, 5.41) is 38.1. The van der Waals surface area contributed by atoms with E-state index >= 15 is 0 Å². The van der Waals surface area contributed by atoms with Crippen molar-refractivity contribution < 1.29 is 14.6 Å². The molecule has 4 N–H and O–H groups in total. The number of nitrogens with zero attached hydrogens (tertiary/aromatic N) is 2. The number of hydrogen-bond donors (Lipinski definition) is 4. The molecule has 0 saturated heterocycles. The van der Waals surface area contributed by atoms with E-state index in [0.717, 1.165) is 10.9 Å². The summed E-state index contributed by atoms with van der Waals surface area (Å²) >= 11 is 0. The molecule has 2 heterocycles. The number of phenolic OH excluding ortho intramolecular Hbond substituents is 2. The van der Waals surface area contributed by atoms with Crippen LogP contribution < -0.4 is 0 Å². The van der Waals surface area contributed by atoms with Gasteiger partial charge < -0.3 is 10.2 Å². The zero-order valence-corrected chi connectivity index (χ0v) is 35.3. The quantitative estimate of drug-likeness (QED) is 0.124. The molecule has 2 aromatic heterocycles. The fourth-order valence-electron chi connectivity index (χ4n) is 7.38. The van der Waals surface area contributed by atoms with Gasteiger partial charge >= 0.3 is 0 Å². The van der Waals surface area contributed by atoms with Crippen LogP contribution in [0.5, 0.6) is 11.5 Å². The average molecular weight is 745 g/mol. The molecule has 0 aliphatic carbocycles. The van der Waals surface area contributed by atoms with Crippen molar-refractivity contribution in [2.24, 2.45) is 0 Å². The van der Waals surface area contributed by atoms with Gasteiger partial charge in [0.05, 0.1) is 23.4 Å². The van der Waals surface area contributed by atoms with Gasteiger partial charge in [0.1, 0.15) is 17.3 Å². The Hall–Kier alpha value is -5.17.